The highest BCUT2D eigenvalue weighted by Crippen LogP contribution is 2.31. The van der Waals surface area contributed by atoms with E-state index in [1.165, 1.54) is 6.26 Å². The van der Waals surface area contributed by atoms with E-state index in [1.807, 2.05) is 18.8 Å². The molecule has 0 N–H and O–H groups in total. The average molecular weight is 283 g/mol. The smallest absolute Gasteiger partial charge is 0.248 e. The molecule has 0 saturated carbocycles. The summed E-state index contributed by atoms with van der Waals surface area (Å²) in [6, 6.07) is 0.288. The lowest BCUT2D eigenvalue weighted by Gasteiger charge is -2.16. The Hall–Kier alpha value is -1.33. The number of rotatable bonds is 5. The molecule has 0 radical (unpaired) electrons. The van der Waals surface area contributed by atoms with E-state index in [0.717, 1.165) is 18.7 Å². The van der Waals surface area contributed by atoms with Crippen molar-refractivity contribution in [1.29, 1.82) is 0 Å². The quantitative estimate of drug-likeness (QED) is 0.845. The third-order valence-corrected chi connectivity index (χ3v) is 3.45. The summed E-state index contributed by atoms with van der Waals surface area (Å²) in [6.07, 6.45) is 4.11. The lowest BCUT2D eigenvalue weighted by Crippen LogP contribution is -2.17. The summed E-state index contributed by atoms with van der Waals surface area (Å²) in [5.74, 6) is 0.465. The Morgan fingerprint density at radius 1 is 1.47 bits per heavy atom. The third-order valence-electron chi connectivity index (χ3n) is 3.05. The molecule has 0 aromatic carbocycles. The fraction of sp³-hybridized carbons (Fsp3) is 0.538. The molecule has 2 aromatic rings. The van der Waals surface area contributed by atoms with Gasteiger partial charge < -0.3 is 9.32 Å². The van der Waals surface area contributed by atoms with E-state index in [4.69, 9.17) is 16.0 Å². The molecule has 0 unspecified atom stereocenters. The van der Waals surface area contributed by atoms with E-state index in [-0.39, 0.29) is 6.04 Å². The number of aromatic nitrogens is 3. The van der Waals surface area contributed by atoms with Gasteiger partial charge in [-0.3, -0.25) is 4.68 Å². The molecule has 0 aliphatic rings. The molecular formula is C13H19ClN4O. The van der Waals surface area contributed by atoms with Gasteiger partial charge in [0.05, 0.1) is 16.9 Å². The topological polar surface area (TPSA) is 47.1 Å². The Labute approximate surface area is 118 Å². The van der Waals surface area contributed by atoms with Crippen LogP contribution >= 0.6 is 11.6 Å². The number of nitrogens with zero attached hydrogens (tertiary/aromatic N) is 4. The van der Waals surface area contributed by atoms with Gasteiger partial charge in [0.15, 0.2) is 5.69 Å². The summed E-state index contributed by atoms with van der Waals surface area (Å²) >= 11 is 6.46. The van der Waals surface area contributed by atoms with Crippen LogP contribution in [-0.2, 0) is 6.54 Å². The van der Waals surface area contributed by atoms with E-state index < -0.39 is 0 Å². The molecule has 0 spiro atoms. The standard InChI is InChI=1S/C13H19ClN4O/c1-5-9(2)18-10(8-17(3)4)11(14)12(16-18)13-15-6-7-19-13/h6-7,9H,5,8H2,1-4H3/t9-/m1/s1. The zero-order valence-electron chi connectivity index (χ0n) is 11.7. The first-order valence-electron chi connectivity index (χ1n) is 6.36. The van der Waals surface area contributed by atoms with E-state index >= 15 is 0 Å². The second kappa shape index (κ2) is 5.75. The lowest BCUT2D eigenvalue weighted by molar-refractivity contribution is 0.365. The van der Waals surface area contributed by atoms with Crippen molar-refractivity contribution in [3.05, 3.63) is 23.2 Å². The zero-order valence-corrected chi connectivity index (χ0v) is 12.5. The van der Waals surface area contributed by atoms with Gasteiger partial charge in [-0.1, -0.05) is 18.5 Å². The van der Waals surface area contributed by atoms with Gasteiger partial charge in [0.1, 0.15) is 6.26 Å². The van der Waals surface area contributed by atoms with Gasteiger partial charge in [-0.25, -0.2) is 4.98 Å². The summed E-state index contributed by atoms with van der Waals surface area (Å²) < 4.78 is 7.28. The average Bonchev–Trinajstić information content (AvgIpc) is 2.98. The summed E-state index contributed by atoms with van der Waals surface area (Å²) in [7, 11) is 4.02. The molecule has 0 aliphatic carbocycles. The fourth-order valence-electron chi connectivity index (χ4n) is 1.91. The molecule has 2 rings (SSSR count). The van der Waals surface area contributed by atoms with Gasteiger partial charge in [-0.05, 0) is 27.4 Å². The fourth-order valence-corrected chi connectivity index (χ4v) is 2.17. The van der Waals surface area contributed by atoms with Crippen molar-refractivity contribution in [2.75, 3.05) is 14.1 Å². The lowest BCUT2D eigenvalue weighted by atomic mass is 10.2. The van der Waals surface area contributed by atoms with Gasteiger partial charge in [0.25, 0.3) is 0 Å². The highest BCUT2D eigenvalue weighted by atomic mass is 35.5. The van der Waals surface area contributed by atoms with Crippen LogP contribution in [0.3, 0.4) is 0 Å². The van der Waals surface area contributed by atoms with Gasteiger partial charge in [-0.15, -0.1) is 0 Å². The Balaban J connectivity index is 2.50. The number of oxazole rings is 1. The number of halogens is 1. The van der Waals surface area contributed by atoms with Crippen LogP contribution < -0.4 is 0 Å². The van der Waals surface area contributed by atoms with Gasteiger partial charge in [0.2, 0.25) is 5.89 Å². The molecule has 104 valence electrons. The van der Waals surface area contributed by atoms with Crippen molar-refractivity contribution in [2.24, 2.45) is 0 Å². The first kappa shape index (κ1) is 14.1. The molecule has 0 fully saturated rings. The number of hydrogen-bond acceptors (Lipinski definition) is 4. The Kier molecular flexibility index (Phi) is 4.27. The predicted molar refractivity (Wildman–Crippen MR) is 75.1 cm³/mol. The summed E-state index contributed by atoms with van der Waals surface area (Å²) in [5, 5.41) is 5.20. The maximum absolute atomic E-state index is 6.46. The molecule has 19 heavy (non-hydrogen) atoms. The van der Waals surface area contributed by atoms with Crippen molar-refractivity contribution in [3.8, 4) is 11.6 Å². The minimum atomic E-state index is 0.288. The molecule has 0 aliphatic heterocycles. The van der Waals surface area contributed by atoms with E-state index in [1.54, 1.807) is 6.20 Å². The summed E-state index contributed by atoms with van der Waals surface area (Å²) in [6.45, 7) is 4.99. The van der Waals surface area contributed by atoms with Crippen LogP contribution in [0.5, 0.6) is 0 Å². The van der Waals surface area contributed by atoms with Crippen molar-refractivity contribution in [1.82, 2.24) is 19.7 Å². The SMILES string of the molecule is CC[C@@H](C)n1nc(-c2ncco2)c(Cl)c1CN(C)C. The van der Waals surface area contributed by atoms with Crippen LogP contribution in [0.4, 0.5) is 0 Å². The highest BCUT2D eigenvalue weighted by Gasteiger charge is 2.22. The first-order valence-corrected chi connectivity index (χ1v) is 6.73. The zero-order chi connectivity index (χ0) is 14.0. The van der Waals surface area contributed by atoms with Gasteiger partial charge >= 0.3 is 0 Å². The van der Waals surface area contributed by atoms with Crippen LogP contribution in [0.1, 0.15) is 32.0 Å². The normalized spacial score (nSPS) is 13.2. The van der Waals surface area contributed by atoms with E-state index in [2.05, 4.69) is 28.8 Å². The minimum Gasteiger partial charge on any atom is -0.443 e. The van der Waals surface area contributed by atoms with Gasteiger partial charge in [0, 0.05) is 12.6 Å². The molecule has 5 nitrogen and oxygen atoms in total. The second-order valence-corrected chi connectivity index (χ2v) is 5.26. The molecule has 0 saturated heterocycles. The summed E-state index contributed by atoms with van der Waals surface area (Å²) in [5.41, 5.74) is 1.61. The Bertz CT molecular complexity index is 533. The van der Waals surface area contributed by atoms with E-state index in [0.29, 0.717) is 16.6 Å². The van der Waals surface area contributed by atoms with Crippen molar-refractivity contribution in [3.63, 3.8) is 0 Å². The van der Waals surface area contributed by atoms with Crippen LogP contribution in [0.15, 0.2) is 16.9 Å². The Morgan fingerprint density at radius 3 is 2.74 bits per heavy atom. The molecule has 0 bridgehead atoms. The van der Waals surface area contributed by atoms with Crippen molar-refractivity contribution >= 4 is 11.6 Å². The van der Waals surface area contributed by atoms with Crippen LogP contribution in [0.2, 0.25) is 5.02 Å². The Morgan fingerprint density at radius 2 is 2.21 bits per heavy atom. The largest absolute Gasteiger partial charge is 0.443 e. The maximum atomic E-state index is 6.46. The minimum absolute atomic E-state index is 0.288. The van der Waals surface area contributed by atoms with E-state index in [9.17, 15) is 0 Å². The third kappa shape index (κ3) is 2.82. The molecule has 2 aromatic heterocycles. The van der Waals surface area contributed by atoms with Crippen LogP contribution in [0, 0.1) is 0 Å². The van der Waals surface area contributed by atoms with Crippen LogP contribution in [-0.4, -0.2) is 33.8 Å². The van der Waals surface area contributed by atoms with Crippen molar-refractivity contribution < 1.29 is 4.42 Å². The van der Waals surface area contributed by atoms with Crippen LogP contribution in [0.25, 0.3) is 11.6 Å². The number of hydrogen-bond donors (Lipinski definition) is 0. The molecular weight excluding hydrogens is 264 g/mol. The molecule has 2 heterocycles. The molecule has 6 heteroatoms. The monoisotopic (exact) mass is 282 g/mol. The molecule has 0 amide bonds. The van der Waals surface area contributed by atoms with Crippen molar-refractivity contribution in [2.45, 2.75) is 32.9 Å². The maximum Gasteiger partial charge on any atom is 0.248 e. The predicted octanol–water partition coefficient (Wildman–Crippen LogP) is 3.22. The molecule has 1 atom stereocenters. The van der Waals surface area contributed by atoms with Gasteiger partial charge in [-0.2, -0.15) is 5.10 Å². The second-order valence-electron chi connectivity index (χ2n) is 4.89. The highest BCUT2D eigenvalue weighted by molar-refractivity contribution is 6.33. The summed E-state index contributed by atoms with van der Waals surface area (Å²) in [4.78, 5) is 6.20. The first-order chi connectivity index (χ1) is 9.04.